The Morgan fingerprint density at radius 1 is 1.39 bits per heavy atom. The van der Waals surface area contributed by atoms with Crippen LogP contribution in [0, 0.1) is 5.41 Å². The van der Waals surface area contributed by atoms with Gasteiger partial charge in [-0.05, 0) is 6.92 Å². The van der Waals surface area contributed by atoms with Gasteiger partial charge in [0.2, 0.25) is 0 Å². The molecule has 0 bridgehead atoms. The Morgan fingerprint density at radius 3 is 3.00 bits per heavy atom. The highest BCUT2D eigenvalue weighted by Crippen LogP contribution is 2.23. The number of amides is 1. The van der Waals surface area contributed by atoms with E-state index in [1.165, 1.54) is 12.5 Å². The third kappa shape index (κ3) is 2.96. The quantitative estimate of drug-likeness (QED) is 0.311. The largest absolute Gasteiger partial charge is 0.371 e. The van der Waals surface area contributed by atoms with Crippen LogP contribution < -0.4 is 10.6 Å². The van der Waals surface area contributed by atoms with Crippen molar-refractivity contribution in [3.05, 3.63) is 35.7 Å². The number of carbonyl (C=O) groups is 1. The second-order valence-corrected chi connectivity index (χ2v) is 5.91. The summed E-state index contributed by atoms with van der Waals surface area (Å²) < 4.78 is 5.35. The summed E-state index contributed by atoms with van der Waals surface area (Å²) in [7, 11) is 1.71. The van der Waals surface area contributed by atoms with Crippen molar-refractivity contribution in [3.63, 3.8) is 0 Å². The second kappa shape index (κ2) is 6.90. The number of rotatable bonds is 6. The highest BCUT2D eigenvalue weighted by molar-refractivity contribution is 6.03. The molecule has 0 radical (unpaired) electrons. The third-order valence-electron chi connectivity index (χ3n) is 4.12. The SMILES string of the molecule is CNc1nc(-c2cc([C@@H](C)NC(=O)c3ncnc4[nH]ncc34)on2)[nH]c1C=N. The summed E-state index contributed by atoms with van der Waals surface area (Å²) in [5, 5.41) is 24.2. The summed E-state index contributed by atoms with van der Waals surface area (Å²) >= 11 is 0. The van der Waals surface area contributed by atoms with Crippen LogP contribution in [0.4, 0.5) is 5.82 Å². The maximum absolute atomic E-state index is 12.6. The van der Waals surface area contributed by atoms with Gasteiger partial charge in [-0.3, -0.25) is 9.89 Å². The molecule has 12 heteroatoms. The Bertz CT molecular complexity index is 1160. The summed E-state index contributed by atoms with van der Waals surface area (Å²) in [6.45, 7) is 1.76. The van der Waals surface area contributed by atoms with Crippen molar-refractivity contribution in [2.45, 2.75) is 13.0 Å². The Kier molecular flexibility index (Phi) is 4.27. The molecule has 0 saturated carbocycles. The first-order valence-electron chi connectivity index (χ1n) is 8.31. The second-order valence-electron chi connectivity index (χ2n) is 5.91. The van der Waals surface area contributed by atoms with E-state index in [4.69, 9.17) is 9.93 Å². The van der Waals surface area contributed by atoms with E-state index in [9.17, 15) is 4.79 Å². The van der Waals surface area contributed by atoms with Crippen molar-refractivity contribution in [2.75, 3.05) is 12.4 Å². The number of H-pyrrole nitrogens is 2. The number of anilines is 1. The van der Waals surface area contributed by atoms with E-state index < -0.39 is 6.04 Å². The van der Waals surface area contributed by atoms with Crippen LogP contribution in [0.25, 0.3) is 22.6 Å². The summed E-state index contributed by atoms with van der Waals surface area (Å²) in [6.07, 6.45) is 3.95. The Labute approximate surface area is 157 Å². The van der Waals surface area contributed by atoms with Crippen LogP contribution in [0.5, 0.6) is 0 Å². The maximum atomic E-state index is 12.6. The number of nitrogens with zero attached hydrogens (tertiary/aromatic N) is 5. The van der Waals surface area contributed by atoms with Crippen LogP contribution in [0.3, 0.4) is 0 Å². The lowest BCUT2D eigenvalue weighted by Crippen LogP contribution is -2.27. The zero-order chi connectivity index (χ0) is 19.7. The van der Waals surface area contributed by atoms with Gasteiger partial charge in [0.15, 0.2) is 23.0 Å². The molecule has 0 aromatic carbocycles. The first-order valence-corrected chi connectivity index (χ1v) is 8.31. The van der Waals surface area contributed by atoms with E-state index >= 15 is 0 Å². The van der Waals surface area contributed by atoms with Crippen molar-refractivity contribution in [3.8, 4) is 11.5 Å². The van der Waals surface area contributed by atoms with Gasteiger partial charge in [-0.2, -0.15) is 5.10 Å². The molecule has 5 N–H and O–H groups in total. The van der Waals surface area contributed by atoms with E-state index in [1.54, 1.807) is 20.0 Å². The summed E-state index contributed by atoms with van der Waals surface area (Å²) in [4.78, 5) is 27.9. The minimum absolute atomic E-state index is 0.214. The van der Waals surface area contributed by atoms with E-state index in [-0.39, 0.29) is 11.6 Å². The van der Waals surface area contributed by atoms with Crippen molar-refractivity contribution in [1.82, 2.24) is 40.6 Å². The number of hydrogen-bond donors (Lipinski definition) is 5. The average Bonchev–Trinajstić information content (AvgIpc) is 3.45. The normalized spacial score (nSPS) is 12.1. The molecule has 0 aliphatic heterocycles. The van der Waals surface area contributed by atoms with Crippen LogP contribution in [-0.4, -0.2) is 54.5 Å². The number of imidazole rings is 1. The zero-order valence-corrected chi connectivity index (χ0v) is 14.9. The summed E-state index contributed by atoms with van der Waals surface area (Å²) in [5.41, 5.74) is 1.68. The predicted octanol–water partition coefficient (Wildman–Crippen LogP) is 1.26. The average molecular weight is 380 g/mol. The number of nitrogens with one attached hydrogen (secondary N) is 5. The molecule has 1 atom stereocenters. The molecule has 28 heavy (non-hydrogen) atoms. The van der Waals surface area contributed by atoms with Gasteiger partial charge in [0, 0.05) is 19.3 Å². The molecule has 142 valence electrons. The fourth-order valence-corrected chi connectivity index (χ4v) is 2.69. The lowest BCUT2D eigenvalue weighted by Gasteiger charge is -2.10. The molecule has 4 heterocycles. The molecule has 12 nitrogen and oxygen atoms in total. The minimum atomic E-state index is -0.466. The Hall–Kier alpha value is -4.09. The number of hydrogen-bond acceptors (Lipinski definition) is 9. The number of fused-ring (bicyclic) bond motifs is 1. The fourth-order valence-electron chi connectivity index (χ4n) is 2.69. The van der Waals surface area contributed by atoms with Gasteiger partial charge in [-0.15, -0.1) is 0 Å². The molecule has 0 unspecified atom stereocenters. The Balaban J connectivity index is 1.54. The van der Waals surface area contributed by atoms with Crippen LogP contribution in [-0.2, 0) is 0 Å². The topological polar surface area (TPSA) is 174 Å². The Morgan fingerprint density at radius 2 is 2.25 bits per heavy atom. The monoisotopic (exact) mass is 380 g/mol. The van der Waals surface area contributed by atoms with Crippen molar-refractivity contribution < 1.29 is 9.32 Å². The van der Waals surface area contributed by atoms with Crippen LogP contribution >= 0.6 is 0 Å². The van der Waals surface area contributed by atoms with Gasteiger partial charge < -0.3 is 25.5 Å². The molecule has 4 rings (SSSR count). The van der Waals surface area contributed by atoms with Crippen molar-refractivity contribution in [1.29, 1.82) is 5.41 Å². The van der Waals surface area contributed by atoms with Gasteiger partial charge in [-0.25, -0.2) is 15.0 Å². The van der Waals surface area contributed by atoms with Crippen LogP contribution in [0.1, 0.15) is 34.9 Å². The molecule has 0 fully saturated rings. The lowest BCUT2D eigenvalue weighted by molar-refractivity contribution is 0.0930. The van der Waals surface area contributed by atoms with Crippen molar-refractivity contribution in [2.24, 2.45) is 0 Å². The lowest BCUT2D eigenvalue weighted by atomic mass is 10.2. The van der Waals surface area contributed by atoms with Gasteiger partial charge in [0.05, 0.1) is 17.6 Å². The predicted molar refractivity (Wildman–Crippen MR) is 99.1 cm³/mol. The molecule has 4 aromatic rings. The van der Waals surface area contributed by atoms with E-state index in [0.717, 1.165) is 6.21 Å². The van der Waals surface area contributed by atoms with Gasteiger partial charge in [-0.1, -0.05) is 5.16 Å². The van der Waals surface area contributed by atoms with Crippen molar-refractivity contribution >= 4 is 29.0 Å². The van der Waals surface area contributed by atoms with Crippen LogP contribution in [0.2, 0.25) is 0 Å². The number of aromatic amines is 2. The molecule has 4 aromatic heterocycles. The zero-order valence-electron chi connectivity index (χ0n) is 14.9. The van der Waals surface area contributed by atoms with Crippen LogP contribution in [0.15, 0.2) is 23.1 Å². The highest BCUT2D eigenvalue weighted by atomic mass is 16.5. The highest BCUT2D eigenvalue weighted by Gasteiger charge is 2.21. The number of aromatic nitrogens is 7. The van der Waals surface area contributed by atoms with Gasteiger partial charge >= 0.3 is 0 Å². The summed E-state index contributed by atoms with van der Waals surface area (Å²) in [6, 6.07) is 1.20. The first kappa shape index (κ1) is 17.3. The van der Waals surface area contributed by atoms with Gasteiger partial charge in [0.25, 0.3) is 5.91 Å². The third-order valence-corrected chi connectivity index (χ3v) is 4.12. The first-order chi connectivity index (χ1) is 13.6. The van der Waals surface area contributed by atoms with Gasteiger partial charge in [0.1, 0.15) is 23.4 Å². The molecular weight excluding hydrogens is 364 g/mol. The molecule has 1 amide bonds. The minimum Gasteiger partial charge on any atom is -0.371 e. The summed E-state index contributed by atoms with van der Waals surface area (Å²) in [5.74, 6) is 1.04. The number of carbonyl (C=O) groups excluding carboxylic acids is 1. The smallest absolute Gasteiger partial charge is 0.271 e. The maximum Gasteiger partial charge on any atom is 0.271 e. The fraction of sp³-hybridized carbons (Fsp3) is 0.188. The molecule has 0 aliphatic rings. The molecular formula is C16H16N10O2. The molecule has 0 aliphatic carbocycles. The molecule has 0 saturated heterocycles. The van der Waals surface area contributed by atoms with E-state index in [1.807, 2.05) is 0 Å². The van der Waals surface area contributed by atoms with E-state index in [0.29, 0.717) is 39.8 Å². The standard InChI is InChI=1S/C16H16N10O2/c1-7(22-16(27)12-8-5-21-25-13(8)20-6-19-12)11-3-9(26-28-11)15-23-10(4-17)14(18-2)24-15/h3-7,17-18H,1-2H3,(H,22,27)(H,23,24)(H,19,20,21,25)/t7-/m1/s1. The molecule has 0 spiro atoms. The van der Waals surface area contributed by atoms with E-state index in [2.05, 4.69) is 45.9 Å².